The Hall–Kier alpha value is -2.51. The topological polar surface area (TPSA) is 64.4 Å². The van der Waals surface area contributed by atoms with E-state index in [0.717, 1.165) is 12.3 Å². The number of hydrogen-bond acceptors (Lipinski definition) is 3. The Balaban J connectivity index is 2.23. The number of benzene rings is 1. The maximum Gasteiger partial charge on any atom is 0.419 e. The molecular formula is C14H13F3N2O3. The van der Waals surface area contributed by atoms with Crippen LogP contribution in [0.15, 0.2) is 30.5 Å². The summed E-state index contributed by atoms with van der Waals surface area (Å²) in [6, 6.07) is 4.83. The number of carbonyl (C=O) groups is 1. The van der Waals surface area contributed by atoms with Crippen molar-refractivity contribution in [1.29, 1.82) is 0 Å². The first-order valence-electron chi connectivity index (χ1n) is 6.41. The number of nitrogens with zero attached hydrogens (tertiary/aromatic N) is 2. The number of alkyl halides is 3. The SMILES string of the molecule is CCn1c(C(=O)O)cnc1COc1ccccc1C(F)(F)F. The summed E-state index contributed by atoms with van der Waals surface area (Å²) in [4.78, 5) is 14.9. The van der Waals surface area contributed by atoms with E-state index in [9.17, 15) is 18.0 Å². The molecule has 1 aromatic carbocycles. The summed E-state index contributed by atoms with van der Waals surface area (Å²) in [6.45, 7) is 1.77. The first-order chi connectivity index (χ1) is 10.3. The smallest absolute Gasteiger partial charge is 0.419 e. The predicted molar refractivity (Wildman–Crippen MR) is 70.6 cm³/mol. The average molecular weight is 314 g/mol. The molecule has 1 aromatic heterocycles. The molecule has 0 amide bonds. The second kappa shape index (κ2) is 6.08. The number of rotatable bonds is 5. The van der Waals surface area contributed by atoms with Crippen LogP contribution in [0.1, 0.15) is 28.8 Å². The third-order valence-electron chi connectivity index (χ3n) is 3.02. The molecule has 0 fully saturated rings. The molecule has 0 radical (unpaired) electrons. The van der Waals surface area contributed by atoms with Gasteiger partial charge in [-0.25, -0.2) is 9.78 Å². The first kappa shape index (κ1) is 15.9. The lowest BCUT2D eigenvalue weighted by molar-refractivity contribution is -0.139. The molecule has 8 heteroatoms. The Kier molecular flexibility index (Phi) is 4.39. The lowest BCUT2D eigenvalue weighted by atomic mass is 10.2. The highest BCUT2D eigenvalue weighted by molar-refractivity contribution is 5.85. The quantitative estimate of drug-likeness (QED) is 0.920. The third-order valence-corrected chi connectivity index (χ3v) is 3.02. The molecule has 22 heavy (non-hydrogen) atoms. The molecule has 2 rings (SSSR count). The molecule has 0 aliphatic rings. The van der Waals surface area contributed by atoms with Crippen LogP contribution < -0.4 is 4.74 Å². The Morgan fingerprint density at radius 2 is 2.05 bits per heavy atom. The predicted octanol–water partition coefficient (Wildman–Crippen LogP) is 3.20. The fourth-order valence-electron chi connectivity index (χ4n) is 2.02. The minimum Gasteiger partial charge on any atom is -0.485 e. The van der Waals surface area contributed by atoms with Gasteiger partial charge in [-0.15, -0.1) is 0 Å². The molecule has 1 heterocycles. The lowest BCUT2D eigenvalue weighted by Gasteiger charge is -2.14. The zero-order valence-corrected chi connectivity index (χ0v) is 11.6. The summed E-state index contributed by atoms with van der Waals surface area (Å²) in [5.41, 5.74) is -0.923. The average Bonchev–Trinajstić information content (AvgIpc) is 2.87. The van der Waals surface area contributed by atoms with Crippen LogP contribution in [0.2, 0.25) is 0 Å². The van der Waals surface area contributed by atoms with E-state index in [2.05, 4.69) is 4.98 Å². The molecule has 0 atom stereocenters. The summed E-state index contributed by atoms with van der Waals surface area (Å²) < 4.78 is 45.1. The summed E-state index contributed by atoms with van der Waals surface area (Å²) in [5.74, 6) is -1.23. The zero-order valence-electron chi connectivity index (χ0n) is 11.6. The van der Waals surface area contributed by atoms with Crippen molar-refractivity contribution in [2.75, 3.05) is 0 Å². The number of para-hydroxylation sites is 1. The third kappa shape index (κ3) is 3.21. The van der Waals surface area contributed by atoms with Gasteiger partial charge in [0, 0.05) is 6.54 Å². The van der Waals surface area contributed by atoms with Gasteiger partial charge in [0.25, 0.3) is 0 Å². The van der Waals surface area contributed by atoms with Crippen molar-refractivity contribution in [3.8, 4) is 5.75 Å². The van der Waals surface area contributed by atoms with Crippen LogP contribution in [0.4, 0.5) is 13.2 Å². The number of hydrogen-bond donors (Lipinski definition) is 1. The Morgan fingerprint density at radius 3 is 2.64 bits per heavy atom. The van der Waals surface area contributed by atoms with E-state index in [0.29, 0.717) is 6.54 Å². The molecule has 118 valence electrons. The number of carboxylic acid groups (broad SMARTS) is 1. The standard InChI is InChI=1S/C14H13F3N2O3/c1-2-19-10(13(20)21)7-18-12(19)8-22-11-6-4-3-5-9(11)14(15,16)17/h3-7H,2,8H2,1H3,(H,20,21). The van der Waals surface area contributed by atoms with Crippen molar-refractivity contribution in [2.45, 2.75) is 26.3 Å². The number of ether oxygens (including phenoxy) is 1. The maximum absolute atomic E-state index is 12.9. The van der Waals surface area contributed by atoms with Gasteiger partial charge in [-0.05, 0) is 19.1 Å². The second-order valence-corrected chi connectivity index (χ2v) is 4.39. The Morgan fingerprint density at radius 1 is 1.36 bits per heavy atom. The van der Waals surface area contributed by atoms with Crippen molar-refractivity contribution in [2.24, 2.45) is 0 Å². The second-order valence-electron chi connectivity index (χ2n) is 4.39. The minimum absolute atomic E-state index is 0.0368. The van der Waals surface area contributed by atoms with Gasteiger partial charge in [-0.1, -0.05) is 12.1 Å². The van der Waals surface area contributed by atoms with E-state index >= 15 is 0 Å². The zero-order chi connectivity index (χ0) is 16.3. The largest absolute Gasteiger partial charge is 0.485 e. The molecule has 5 nitrogen and oxygen atoms in total. The highest BCUT2D eigenvalue weighted by Gasteiger charge is 2.34. The van der Waals surface area contributed by atoms with Gasteiger partial charge in [0.1, 0.15) is 23.9 Å². The van der Waals surface area contributed by atoms with Crippen molar-refractivity contribution in [3.05, 3.63) is 47.5 Å². The van der Waals surface area contributed by atoms with Gasteiger partial charge in [-0.3, -0.25) is 0 Å². The van der Waals surface area contributed by atoms with Crippen molar-refractivity contribution in [1.82, 2.24) is 9.55 Å². The van der Waals surface area contributed by atoms with Crippen LogP contribution in [0.25, 0.3) is 0 Å². The number of halogens is 3. The molecule has 0 aliphatic heterocycles. The van der Waals surface area contributed by atoms with Crippen LogP contribution >= 0.6 is 0 Å². The highest BCUT2D eigenvalue weighted by Crippen LogP contribution is 2.36. The molecule has 0 spiro atoms. The van der Waals surface area contributed by atoms with Crippen molar-refractivity contribution in [3.63, 3.8) is 0 Å². The van der Waals surface area contributed by atoms with E-state index in [1.165, 1.54) is 22.8 Å². The van der Waals surface area contributed by atoms with Gasteiger partial charge in [0.15, 0.2) is 0 Å². The van der Waals surface area contributed by atoms with Gasteiger partial charge >= 0.3 is 12.1 Å². The number of aromatic nitrogens is 2. The monoisotopic (exact) mass is 314 g/mol. The lowest BCUT2D eigenvalue weighted by Crippen LogP contribution is -2.13. The van der Waals surface area contributed by atoms with E-state index in [1.54, 1.807) is 6.92 Å². The molecule has 1 N–H and O–H groups in total. The maximum atomic E-state index is 12.9. The first-order valence-corrected chi connectivity index (χ1v) is 6.41. The highest BCUT2D eigenvalue weighted by atomic mass is 19.4. The van der Waals surface area contributed by atoms with Crippen LogP contribution in [0.3, 0.4) is 0 Å². The van der Waals surface area contributed by atoms with E-state index in [4.69, 9.17) is 9.84 Å². The molecular weight excluding hydrogens is 301 g/mol. The molecule has 2 aromatic rings. The summed E-state index contributed by atoms with van der Waals surface area (Å²) in [5, 5.41) is 9.00. The minimum atomic E-state index is -4.52. The number of carboxylic acids is 1. The Bertz CT molecular complexity index is 680. The molecule has 0 saturated heterocycles. The van der Waals surface area contributed by atoms with Crippen molar-refractivity contribution < 1.29 is 27.8 Å². The molecule has 0 unspecified atom stereocenters. The van der Waals surface area contributed by atoms with E-state index in [1.807, 2.05) is 0 Å². The van der Waals surface area contributed by atoms with Crippen LogP contribution in [0.5, 0.6) is 5.75 Å². The van der Waals surface area contributed by atoms with E-state index in [-0.39, 0.29) is 23.9 Å². The summed E-state index contributed by atoms with van der Waals surface area (Å²) in [7, 11) is 0. The Labute approximate surface area is 124 Å². The van der Waals surface area contributed by atoms with Crippen LogP contribution in [0, 0.1) is 0 Å². The van der Waals surface area contributed by atoms with Gasteiger partial charge < -0.3 is 14.4 Å². The van der Waals surface area contributed by atoms with Crippen molar-refractivity contribution >= 4 is 5.97 Å². The molecule has 0 bridgehead atoms. The summed E-state index contributed by atoms with van der Waals surface area (Å²) >= 11 is 0. The van der Waals surface area contributed by atoms with Crippen LogP contribution in [-0.2, 0) is 19.3 Å². The number of imidazole rings is 1. The summed E-state index contributed by atoms with van der Waals surface area (Å²) in [6.07, 6.45) is -3.37. The van der Waals surface area contributed by atoms with Gasteiger partial charge in [0.2, 0.25) is 0 Å². The molecule has 0 saturated carbocycles. The fourth-order valence-corrected chi connectivity index (χ4v) is 2.02. The normalized spacial score (nSPS) is 11.5. The van der Waals surface area contributed by atoms with Gasteiger partial charge in [-0.2, -0.15) is 13.2 Å². The number of aromatic carboxylic acids is 1. The molecule has 0 aliphatic carbocycles. The van der Waals surface area contributed by atoms with E-state index < -0.39 is 17.7 Å². The van der Waals surface area contributed by atoms with Crippen LogP contribution in [-0.4, -0.2) is 20.6 Å². The van der Waals surface area contributed by atoms with Gasteiger partial charge in [0.05, 0.1) is 11.8 Å². The fraction of sp³-hybridized carbons (Fsp3) is 0.286.